The van der Waals surface area contributed by atoms with E-state index in [2.05, 4.69) is 47.0 Å². The van der Waals surface area contributed by atoms with Gasteiger partial charge in [0.2, 0.25) is 5.91 Å². The molecule has 0 aliphatic carbocycles. The number of carbonyl (C=O) groups is 1. The SMILES string of the molecule is CC(C)(C)N(NC(=O)CCc1ccc(O)cc1)C(C)(C)C. The van der Waals surface area contributed by atoms with Gasteiger partial charge in [0.05, 0.1) is 0 Å². The third kappa shape index (κ3) is 5.76. The molecule has 0 aromatic heterocycles. The van der Waals surface area contributed by atoms with Crippen molar-refractivity contribution in [3.63, 3.8) is 0 Å². The first-order valence-corrected chi connectivity index (χ1v) is 7.38. The van der Waals surface area contributed by atoms with Crippen molar-refractivity contribution in [1.82, 2.24) is 10.4 Å². The Morgan fingerprint density at radius 2 is 1.52 bits per heavy atom. The molecular weight excluding hydrogens is 264 g/mol. The van der Waals surface area contributed by atoms with Crippen molar-refractivity contribution in [1.29, 1.82) is 0 Å². The number of benzene rings is 1. The number of nitrogens with one attached hydrogen (secondary N) is 1. The van der Waals surface area contributed by atoms with Crippen molar-refractivity contribution in [2.45, 2.75) is 65.5 Å². The minimum atomic E-state index is -0.146. The Morgan fingerprint density at radius 3 is 1.95 bits per heavy atom. The Labute approximate surface area is 128 Å². The summed E-state index contributed by atoms with van der Waals surface area (Å²) in [7, 11) is 0. The molecule has 1 aromatic carbocycles. The number of amides is 1. The topological polar surface area (TPSA) is 52.6 Å². The predicted octanol–water partition coefficient (Wildman–Crippen LogP) is 3.26. The van der Waals surface area contributed by atoms with E-state index in [9.17, 15) is 9.90 Å². The van der Waals surface area contributed by atoms with Gasteiger partial charge in [0.15, 0.2) is 0 Å². The van der Waals surface area contributed by atoms with Crippen molar-refractivity contribution in [3.8, 4) is 5.75 Å². The molecule has 0 saturated heterocycles. The van der Waals surface area contributed by atoms with E-state index in [1.54, 1.807) is 12.1 Å². The highest BCUT2D eigenvalue weighted by atomic mass is 16.3. The van der Waals surface area contributed by atoms with Gasteiger partial charge >= 0.3 is 0 Å². The van der Waals surface area contributed by atoms with Crippen LogP contribution in [0.4, 0.5) is 0 Å². The maximum Gasteiger partial charge on any atom is 0.234 e. The lowest BCUT2D eigenvalue weighted by molar-refractivity contribution is -0.133. The molecule has 0 radical (unpaired) electrons. The normalized spacial score (nSPS) is 12.5. The molecule has 4 nitrogen and oxygen atoms in total. The highest BCUT2D eigenvalue weighted by molar-refractivity contribution is 5.75. The Hall–Kier alpha value is -1.55. The first-order chi connectivity index (χ1) is 9.50. The van der Waals surface area contributed by atoms with Crippen LogP contribution in [0.2, 0.25) is 0 Å². The summed E-state index contributed by atoms with van der Waals surface area (Å²) in [5.74, 6) is 0.253. The number of phenols is 1. The van der Waals surface area contributed by atoms with Crippen molar-refractivity contribution >= 4 is 5.91 Å². The number of hydrazine groups is 1. The zero-order valence-electron chi connectivity index (χ0n) is 14.0. The second-order valence-electron chi connectivity index (χ2n) is 7.38. The molecule has 0 spiro atoms. The van der Waals surface area contributed by atoms with Crippen LogP contribution in [-0.2, 0) is 11.2 Å². The monoisotopic (exact) mass is 292 g/mol. The third-order valence-corrected chi connectivity index (χ3v) is 3.16. The summed E-state index contributed by atoms with van der Waals surface area (Å²) in [6, 6.07) is 6.97. The maximum atomic E-state index is 12.2. The molecule has 118 valence electrons. The highest BCUT2D eigenvalue weighted by Gasteiger charge is 2.32. The number of hydrogen-bond donors (Lipinski definition) is 2. The number of nitrogens with zero attached hydrogens (tertiary/aromatic N) is 1. The van der Waals surface area contributed by atoms with E-state index in [0.29, 0.717) is 12.8 Å². The second-order valence-corrected chi connectivity index (χ2v) is 7.38. The molecule has 1 aromatic rings. The average molecular weight is 292 g/mol. The zero-order chi connectivity index (χ0) is 16.3. The summed E-state index contributed by atoms with van der Waals surface area (Å²) < 4.78 is 0. The number of carbonyl (C=O) groups excluding carboxylic acids is 1. The lowest BCUT2D eigenvalue weighted by Gasteiger charge is -2.44. The Morgan fingerprint density at radius 1 is 1.05 bits per heavy atom. The molecule has 1 amide bonds. The van der Waals surface area contributed by atoms with Crippen LogP contribution in [0.1, 0.15) is 53.5 Å². The summed E-state index contributed by atoms with van der Waals surface area (Å²) in [6.07, 6.45) is 1.08. The Kier molecular flexibility index (Phi) is 5.40. The van der Waals surface area contributed by atoms with Crippen LogP contribution in [0.5, 0.6) is 5.75 Å². The van der Waals surface area contributed by atoms with E-state index >= 15 is 0 Å². The van der Waals surface area contributed by atoms with Crippen molar-refractivity contribution in [2.24, 2.45) is 0 Å². The van der Waals surface area contributed by atoms with Gasteiger partial charge in [-0.25, -0.2) is 5.01 Å². The van der Waals surface area contributed by atoms with Gasteiger partial charge in [0, 0.05) is 17.5 Å². The predicted molar refractivity (Wildman–Crippen MR) is 85.9 cm³/mol. The molecule has 0 aliphatic heterocycles. The smallest absolute Gasteiger partial charge is 0.234 e. The van der Waals surface area contributed by atoms with Crippen molar-refractivity contribution in [3.05, 3.63) is 29.8 Å². The van der Waals surface area contributed by atoms with Crippen LogP contribution in [0.15, 0.2) is 24.3 Å². The molecule has 0 aliphatic rings. The molecule has 0 atom stereocenters. The van der Waals surface area contributed by atoms with Gasteiger partial charge < -0.3 is 5.11 Å². The van der Waals surface area contributed by atoms with Crippen LogP contribution < -0.4 is 5.43 Å². The minimum Gasteiger partial charge on any atom is -0.508 e. The van der Waals surface area contributed by atoms with E-state index < -0.39 is 0 Å². The molecule has 4 heteroatoms. The average Bonchev–Trinajstić information content (AvgIpc) is 2.32. The summed E-state index contributed by atoms with van der Waals surface area (Å²) in [4.78, 5) is 12.2. The van der Waals surface area contributed by atoms with Crippen molar-refractivity contribution in [2.75, 3.05) is 0 Å². The van der Waals surface area contributed by atoms with Gasteiger partial charge in [-0.15, -0.1) is 0 Å². The van der Waals surface area contributed by atoms with E-state index in [4.69, 9.17) is 0 Å². The van der Waals surface area contributed by atoms with E-state index in [1.165, 1.54) is 0 Å². The number of aromatic hydroxyl groups is 1. The third-order valence-electron chi connectivity index (χ3n) is 3.16. The first-order valence-electron chi connectivity index (χ1n) is 7.38. The van der Waals surface area contributed by atoms with E-state index in [-0.39, 0.29) is 22.7 Å². The first kappa shape index (κ1) is 17.5. The lowest BCUT2D eigenvalue weighted by Crippen LogP contribution is -2.61. The van der Waals surface area contributed by atoms with Gasteiger partial charge in [-0.05, 0) is 65.7 Å². The van der Waals surface area contributed by atoms with E-state index in [1.807, 2.05) is 17.1 Å². The van der Waals surface area contributed by atoms with Crippen LogP contribution in [0, 0.1) is 0 Å². The molecule has 2 N–H and O–H groups in total. The molecule has 21 heavy (non-hydrogen) atoms. The van der Waals surface area contributed by atoms with Crippen LogP contribution >= 0.6 is 0 Å². The van der Waals surface area contributed by atoms with Gasteiger partial charge in [0.1, 0.15) is 5.75 Å². The zero-order valence-corrected chi connectivity index (χ0v) is 14.0. The van der Waals surface area contributed by atoms with Crippen LogP contribution in [0.3, 0.4) is 0 Å². The number of rotatable bonds is 4. The van der Waals surface area contributed by atoms with Crippen LogP contribution in [0.25, 0.3) is 0 Å². The fourth-order valence-corrected chi connectivity index (χ4v) is 2.44. The largest absolute Gasteiger partial charge is 0.508 e. The van der Waals surface area contributed by atoms with Gasteiger partial charge in [-0.1, -0.05) is 12.1 Å². The Bertz CT molecular complexity index is 453. The fraction of sp³-hybridized carbons (Fsp3) is 0.588. The molecule has 1 rings (SSSR count). The minimum absolute atomic E-state index is 0.00734. The summed E-state index contributed by atoms with van der Waals surface area (Å²) in [5, 5.41) is 11.2. The molecule has 0 saturated carbocycles. The fourth-order valence-electron chi connectivity index (χ4n) is 2.44. The highest BCUT2D eigenvalue weighted by Crippen LogP contribution is 2.22. The molecule has 0 fully saturated rings. The van der Waals surface area contributed by atoms with Crippen molar-refractivity contribution < 1.29 is 9.90 Å². The maximum absolute atomic E-state index is 12.2. The summed E-state index contributed by atoms with van der Waals surface area (Å²) in [6.45, 7) is 12.5. The summed E-state index contributed by atoms with van der Waals surface area (Å²) in [5.41, 5.74) is 3.77. The quantitative estimate of drug-likeness (QED) is 0.838. The van der Waals surface area contributed by atoms with Crippen LogP contribution in [-0.4, -0.2) is 27.1 Å². The molecular formula is C17H28N2O2. The van der Waals surface area contributed by atoms with Gasteiger partial charge in [-0.2, -0.15) is 0 Å². The molecule has 0 heterocycles. The summed E-state index contributed by atoms with van der Waals surface area (Å²) >= 11 is 0. The number of aryl methyl sites for hydroxylation is 1. The van der Waals surface area contributed by atoms with Gasteiger partial charge in [0.25, 0.3) is 0 Å². The lowest BCUT2D eigenvalue weighted by atomic mass is 9.99. The number of hydrogen-bond acceptors (Lipinski definition) is 3. The van der Waals surface area contributed by atoms with Gasteiger partial charge in [-0.3, -0.25) is 10.2 Å². The molecule has 0 bridgehead atoms. The standard InChI is InChI=1S/C17H28N2O2/c1-16(2,3)19(17(4,5)6)18-15(21)12-9-13-7-10-14(20)11-8-13/h7-8,10-11,20H,9,12H2,1-6H3,(H,18,21). The Balaban J connectivity index is 2.61. The molecule has 0 unspecified atom stereocenters. The van der Waals surface area contributed by atoms with E-state index in [0.717, 1.165) is 5.56 Å². The number of phenolic OH excluding ortho intramolecular Hbond substituents is 1. The second kappa shape index (κ2) is 6.48.